The topological polar surface area (TPSA) is 84.9 Å². The molecule has 1 heterocycles. The van der Waals surface area contributed by atoms with Crippen molar-refractivity contribution in [2.45, 2.75) is 6.61 Å². The molecule has 1 aliphatic heterocycles. The van der Waals surface area contributed by atoms with E-state index in [1.54, 1.807) is 42.5 Å². The van der Waals surface area contributed by atoms with E-state index in [9.17, 15) is 14.4 Å². The Morgan fingerprint density at radius 3 is 2.42 bits per heavy atom. The van der Waals surface area contributed by atoms with Crippen molar-refractivity contribution in [2.24, 2.45) is 0 Å². The molecule has 1 aliphatic rings. The molecule has 3 aromatic carbocycles. The summed E-state index contributed by atoms with van der Waals surface area (Å²) in [5.41, 5.74) is 1.14. The Balaban J connectivity index is 1.64. The molecule has 0 aromatic heterocycles. The fourth-order valence-corrected chi connectivity index (χ4v) is 4.54. The largest absolute Gasteiger partial charge is 0.493 e. The Labute approximate surface area is 229 Å². The molecule has 4 rings (SSSR count). The molecule has 0 unspecified atom stereocenters. The van der Waals surface area contributed by atoms with E-state index in [2.05, 4.69) is 21.2 Å². The third kappa shape index (κ3) is 5.37. The Morgan fingerprint density at radius 2 is 1.72 bits per heavy atom. The molecule has 11 heteroatoms. The number of barbiturate groups is 1. The molecule has 3 aromatic rings. The van der Waals surface area contributed by atoms with Gasteiger partial charge in [0.2, 0.25) is 0 Å². The van der Waals surface area contributed by atoms with Crippen LogP contribution in [0.2, 0.25) is 15.1 Å². The number of amides is 4. The summed E-state index contributed by atoms with van der Waals surface area (Å²) in [4.78, 5) is 38.9. The lowest BCUT2D eigenvalue weighted by molar-refractivity contribution is -0.122. The van der Waals surface area contributed by atoms with Gasteiger partial charge in [-0.2, -0.15) is 0 Å². The SMILES string of the molecule is COc1cc(/C=C2\C(=O)NC(=O)N(c3ccccc3Cl)C2=O)cc(Br)c1OCc1ccc(Cl)c(Cl)c1. The monoisotopic (exact) mass is 608 g/mol. The summed E-state index contributed by atoms with van der Waals surface area (Å²) in [5, 5.41) is 3.20. The number of urea groups is 1. The molecule has 1 N–H and O–H groups in total. The molecular formula is C25H16BrCl3N2O5. The molecule has 0 radical (unpaired) electrons. The third-order valence-electron chi connectivity index (χ3n) is 5.12. The Morgan fingerprint density at radius 1 is 0.972 bits per heavy atom. The summed E-state index contributed by atoms with van der Waals surface area (Å²) in [6.07, 6.45) is 1.35. The standard InChI is InChI=1S/C25H16BrCl3N2O5/c1-35-21-11-14(9-16(26)22(21)36-12-13-6-7-17(27)19(29)10-13)8-15-23(32)30-25(34)31(24(15)33)20-5-3-2-4-18(20)28/h2-11H,12H2,1H3,(H,30,32,34)/b15-8+. The Hall–Kier alpha value is -3.04. The van der Waals surface area contributed by atoms with Crippen LogP contribution >= 0.6 is 50.7 Å². The van der Waals surface area contributed by atoms with Crippen molar-refractivity contribution in [1.29, 1.82) is 0 Å². The second-order valence-corrected chi connectivity index (χ2v) is 9.56. The van der Waals surface area contributed by atoms with Crippen LogP contribution in [0, 0.1) is 0 Å². The van der Waals surface area contributed by atoms with E-state index >= 15 is 0 Å². The number of methoxy groups -OCH3 is 1. The zero-order valence-electron chi connectivity index (χ0n) is 18.5. The number of anilines is 1. The molecule has 1 saturated heterocycles. The molecule has 0 spiro atoms. The van der Waals surface area contributed by atoms with Gasteiger partial charge in [0, 0.05) is 0 Å². The molecule has 7 nitrogen and oxygen atoms in total. The molecular weight excluding hydrogens is 595 g/mol. The number of hydrogen-bond acceptors (Lipinski definition) is 5. The number of hydrogen-bond donors (Lipinski definition) is 1. The first-order valence-corrected chi connectivity index (χ1v) is 12.2. The zero-order valence-corrected chi connectivity index (χ0v) is 22.3. The van der Waals surface area contributed by atoms with Crippen LogP contribution in [0.3, 0.4) is 0 Å². The number of nitrogens with one attached hydrogen (secondary N) is 1. The predicted molar refractivity (Wildman–Crippen MR) is 142 cm³/mol. The van der Waals surface area contributed by atoms with E-state index in [0.717, 1.165) is 10.5 Å². The van der Waals surface area contributed by atoms with E-state index in [0.29, 0.717) is 31.6 Å². The minimum atomic E-state index is -0.889. The van der Waals surface area contributed by atoms with Gasteiger partial charge in [0.15, 0.2) is 11.5 Å². The van der Waals surface area contributed by atoms with Crippen molar-refractivity contribution < 1.29 is 23.9 Å². The molecule has 4 amide bonds. The van der Waals surface area contributed by atoms with Gasteiger partial charge in [0.1, 0.15) is 12.2 Å². The lowest BCUT2D eigenvalue weighted by Gasteiger charge is -2.27. The minimum Gasteiger partial charge on any atom is -0.493 e. The number of ether oxygens (including phenoxy) is 2. The second-order valence-electron chi connectivity index (χ2n) is 7.48. The molecule has 0 bridgehead atoms. The molecule has 0 saturated carbocycles. The van der Waals surface area contributed by atoms with Crippen molar-refractivity contribution in [2.75, 3.05) is 12.0 Å². The van der Waals surface area contributed by atoms with Crippen LogP contribution in [0.25, 0.3) is 6.08 Å². The first-order chi connectivity index (χ1) is 17.2. The third-order valence-corrected chi connectivity index (χ3v) is 6.77. The lowest BCUT2D eigenvalue weighted by atomic mass is 10.1. The highest BCUT2D eigenvalue weighted by Gasteiger charge is 2.37. The zero-order chi connectivity index (χ0) is 26.0. The summed E-state index contributed by atoms with van der Waals surface area (Å²) >= 11 is 21.7. The fraction of sp³-hybridized carbons (Fsp3) is 0.0800. The molecule has 0 atom stereocenters. The highest BCUT2D eigenvalue weighted by molar-refractivity contribution is 9.10. The molecule has 1 fully saturated rings. The maximum absolute atomic E-state index is 13.1. The number of rotatable bonds is 6. The number of halogens is 4. The van der Waals surface area contributed by atoms with Crippen LogP contribution in [0.4, 0.5) is 10.5 Å². The highest BCUT2D eigenvalue weighted by Crippen LogP contribution is 2.38. The van der Waals surface area contributed by atoms with Gasteiger partial charge in [0.05, 0.1) is 32.3 Å². The number of imide groups is 2. The summed E-state index contributed by atoms with van der Waals surface area (Å²) in [6, 6.07) is 13.8. The van der Waals surface area contributed by atoms with E-state index < -0.39 is 17.8 Å². The van der Waals surface area contributed by atoms with Gasteiger partial charge < -0.3 is 9.47 Å². The first-order valence-electron chi connectivity index (χ1n) is 10.3. The van der Waals surface area contributed by atoms with Crippen molar-refractivity contribution in [3.63, 3.8) is 0 Å². The van der Waals surface area contributed by atoms with E-state index in [1.807, 2.05) is 0 Å². The molecule has 0 aliphatic carbocycles. The van der Waals surface area contributed by atoms with Crippen molar-refractivity contribution in [3.05, 3.63) is 90.8 Å². The van der Waals surface area contributed by atoms with Gasteiger partial charge in [-0.3, -0.25) is 14.9 Å². The number of carbonyl (C=O) groups is 3. The van der Waals surface area contributed by atoms with Gasteiger partial charge in [-0.05, 0) is 69.5 Å². The number of carbonyl (C=O) groups excluding carboxylic acids is 3. The van der Waals surface area contributed by atoms with Crippen molar-refractivity contribution in [1.82, 2.24) is 5.32 Å². The second kappa shape index (κ2) is 10.9. The summed E-state index contributed by atoms with van der Waals surface area (Å²) in [6.45, 7) is 0.183. The van der Waals surface area contributed by atoms with Gasteiger partial charge in [-0.1, -0.05) is 53.0 Å². The molecule has 184 valence electrons. The number of benzene rings is 3. The van der Waals surface area contributed by atoms with Crippen molar-refractivity contribution >= 4 is 80.3 Å². The Bertz CT molecular complexity index is 1430. The van der Waals surface area contributed by atoms with Gasteiger partial charge in [-0.25, -0.2) is 9.69 Å². The lowest BCUT2D eigenvalue weighted by Crippen LogP contribution is -2.54. The average Bonchev–Trinajstić information content (AvgIpc) is 2.84. The fourth-order valence-electron chi connectivity index (χ4n) is 3.42. The average molecular weight is 611 g/mol. The van der Waals surface area contributed by atoms with Crippen LogP contribution < -0.4 is 19.7 Å². The quantitative estimate of drug-likeness (QED) is 0.249. The van der Waals surface area contributed by atoms with E-state index in [1.165, 1.54) is 25.3 Å². The molecule has 36 heavy (non-hydrogen) atoms. The number of nitrogens with zero attached hydrogens (tertiary/aromatic N) is 1. The smallest absolute Gasteiger partial charge is 0.335 e. The van der Waals surface area contributed by atoms with Crippen molar-refractivity contribution in [3.8, 4) is 11.5 Å². The summed E-state index contributed by atoms with van der Waals surface area (Å²) in [7, 11) is 1.46. The van der Waals surface area contributed by atoms with Crippen LogP contribution in [-0.2, 0) is 16.2 Å². The first kappa shape index (κ1) is 26.0. The van der Waals surface area contributed by atoms with Crippen LogP contribution in [0.5, 0.6) is 11.5 Å². The maximum Gasteiger partial charge on any atom is 0.335 e. The normalized spacial score (nSPS) is 14.8. The van der Waals surface area contributed by atoms with Gasteiger partial charge >= 0.3 is 6.03 Å². The maximum atomic E-state index is 13.1. The number of para-hydroxylation sites is 1. The summed E-state index contributed by atoms with van der Waals surface area (Å²) in [5.74, 6) is -0.896. The summed E-state index contributed by atoms with van der Waals surface area (Å²) < 4.78 is 11.9. The van der Waals surface area contributed by atoms with E-state index in [-0.39, 0.29) is 22.9 Å². The van der Waals surface area contributed by atoms with E-state index in [4.69, 9.17) is 44.3 Å². The highest BCUT2D eigenvalue weighted by atomic mass is 79.9. The van der Waals surface area contributed by atoms with Crippen LogP contribution in [0.15, 0.2) is 64.6 Å². The van der Waals surface area contributed by atoms with Crippen LogP contribution in [-0.4, -0.2) is 25.0 Å². The van der Waals surface area contributed by atoms with Crippen LogP contribution in [0.1, 0.15) is 11.1 Å². The predicted octanol–water partition coefficient (Wildman–Crippen LogP) is 6.66. The Kier molecular flexibility index (Phi) is 7.90. The minimum absolute atomic E-state index is 0.157. The van der Waals surface area contributed by atoms with Gasteiger partial charge in [-0.15, -0.1) is 0 Å². The van der Waals surface area contributed by atoms with Gasteiger partial charge in [0.25, 0.3) is 11.8 Å².